The van der Waals surface area contributed by atoms with Gasteiger partial charge in [0.05, 0.1) is 0 Å². The SMILES string of the molecule is CSc1nc(OCc2ccccc2)c2c(Cl)nc(Cl)c(F)c2n1. The molecule has 0 spiro atoms. The summed E-state index contributed by atoms with van der Waals surface area (Å²) in [6.45, 7) is 0.265. The number of aromatic nitrogens is 3. The highest BCUT2D eigenvalue weighted by Gasteiger charge is 2.19. The van der Waals surface area contributed by atoms with E-state index >= 15 is 0 Å². The minimum atomic E-state index is -0.742. The van der Waals surface area contributed by atoms with Crippen molar-refractivity contribution in [2.24, 2.45) is 0 Å². The summed E-state index contributed by atoms with van der Waals surface area (Å²) >= 11 is 13.1. The first-order chi connectivity index (χ1) is 11.1. The number of halogens is 3. The standard InChI is InChI=1S/C15H10Cl2FN3OS/c1-23-15-19-11-9(12(16)20-13(17)10(11)18)14(21-15)22-7-8-5-3-2-4-6-8/h2-6H,7H2,1H3. The van der Waals surface area contributed by atoms with Gasteiger partial charge in [-0.05, 0) is 11.8 Å². The number of hydrogen-bond donors (Lipinski definition) is 0. The van der Waals surface area contributed by atoms with Crippen molar-refractivity contribution < 1.29 is 9.13 Å². The molecule has 3 aromatic rings. The van der Waals surface area contributed by atoms with Crippen molar-refractivity contribution in [2.45, 2.75) is 11.8 Å². The average molecular weight is 370 g/mol. The molecule has 2 aromatic heterocycles. The van der Waals surface area contributed by atoms with Crippen molar-refractivity contribution in [1.82, 2.24) is 15.0 Å². The monoisotopic (exact) mass is 369 g/mol. The molecule has 0 saturated carbocycles. The third kappa shape index (κ3) is 3.34. The molecule has 1 aromatic carbocycles. The predicted octanol–water partition coefficient (Wildman–Crippen LogP) is 4.77. The Hall–Kier alpha value is -1.63. The second-order valence-corrected chi connectivity index (χ2v) is 6.01. The number of thioether (sulfide) groups is 1. The van der Waals surface area contributed by atoms with Crippen LogP contribution in [0.4, 0.5) is 4.39 Å². The van der Waals surface area contributed by atoms with Gasteiger partial charge >= 0.3 is 0 Å². The topological polar surface area (TPSA) is 47.9 Å². The highest BCUT2D eigenvalue weighted by Crippen LogP contribution is 2.34. The van der Waals surface area contributed by atoms with Gasteiger partial charge in [-0.1, -0.05) is 65.3 Å². The van der Waals surface area contributed by atoms with Crippen LogP contribution in [-0.4, -0.2) is 21.2 Å². The van der Waals surface area contributed by atoms with Gasteiger partial charge in [-0.3, -0.25) is 0 Å². The van der Waals surface area contributed by atoms with Gasteiger partial charge in [0.2, 0.25) is 5.88 Å². The molecule has 0 fully saturated rings. The number of fused-ring (bicyclic) bond motifs is 1. The van der Waals surface area contributed by atoms with Gasteiger partial charge in [0.25, 0.3) is 0 Å². The maximum absolute atomic E-state index is 14.2. The van der Waals surface area contributed by atoms with Gasteiger partial charge < -0.3 is 4.74 Å². The molecule has 0 atom stereocenters. The fraction of sp³-hybridized carbons (Fsp3) is 0.133. The number of hydrogen-bond acceptors (Lipinski definition) is 5. The summed E-state index contributed by atoms with van der Waals surface area (Å²) in [6, 6.07) is 9.54. The lowest BCUT2D eigenvalue weighted by atomic mass is 10.2. The normalized spacial score (nSPS) is 11.0. The molecule has 0 unspecified atom stereocenters. The van der Waals surface area contributed by atoms with Gasteiger partial charge in [0.15, 0.2) is 16.1 Å². The number of ether oxygens (including phenoxy) is 1. The van der Waals surface area contributed by atoms with Crippen molar-refractivity contribution in [2.75, 3.05) is 6.26 Å². The highest BCUT2D eigenvalue weighted by atomic mass is 35.5. The Labute approximate surface area is 146 Å². The summed E-state index contributed by atoms with van der Waals surface area (Å²) in [5.74, 6) is -0.565. The summed E-state index contributed by atoms with van der Waals surface area (Å²) in [5, 5.41) is 0.240. The van der Waals surface area contributed by atoms with Gasteiger partial charge in [0, 0.05) is 0 Å². The fourth-order valence-electron chi connectivity index (χ4n) is 1.98. The Kier molecular flexibility index (Phi) is 4.84. The molecule has 0 saturated heterocycles. The Morgan fingerprint density at radius 2 is 1.83 bits per heavy atom. The highest BCUT2D eigenvalue weighted by molar-refractivity contribution is 7.98. The second-order valence-electron chi connectivity index (χ2n) is 4.52. The molecule has 0 bridgehead atoms. The van der Waals surface area contributed by atoms with Crippen LogP contribution in [0.25, 0.3) is 10.9 Å². The van der Waals surface area contributed by atoms with E-state index in [1.165, 1.54) is 11.8 Å². The lowest BCUT2D eigenvalue weighted by Crippen LogP contribution is -2.02. The number of nitrogens with zero attached hydrogens (tertiary/aromatic N) is 3. The van der Waals surface area contributed by atoms with Crippen molar-refractivity contribution in [3.8, 4) is 5.88 Å². The molecular formula is C15H10Cl2FN3OS. The molecule has 8 heteroatoms. The molecule has 4 nitrogen and oxygen atoms in total. The maximum Gasteiger partial charge on any atom is 0.229 e. The molecular weight excluding hydrogens is 360 g/mol. The van der Waals surface area contributed by atoms with E-state index in [4.69, 9.17) is 27.9 Å². The molecule has 0 aliphatic heterocycles. The molecule has 2 heterocycles. The molecule has 23 heavy (non-hydrogen) atoms. The molecule has 0 N–H and O–H groups in total. The van der Waals surface area contributed by atoms with E-state index in [-0.39, 0.29) is 33.7 Å². The van der Waals surface area contributed by atoms with Crippen LogP contribution in [0.2, 0.25) is 10.3 Å². The maximum atomic E-state index is 14.2. The first-order valence-corrected chi connectivity index (χ1v) is 8.51. The molecule has 3 rings (SSSR count). The van der Waals surface area contributed by atoms with Gasteiger partial charge in [-0.2, -0.15) is 4.98 Å². The van der Waals surface area contributed by atoms with Crippen LogP contribution in [0.1, 0.15) is 5.56 Å². The van der Waals surface area contributed by atoms with Gasteiger partial charge in [-0.25, -0.2) is 14.4 Å². The lowest BCUT2D eigenvalue weighted by molar-refractivity contribution is 0.295. The van der Waals surface area contributed by atoms with E-state index in [0.29, 0.717) is 5.16 Å². The lowest BCUT2D eigenvalue weighted by Gasteiger charge is -2.11. The Morgan fingerprint density at radius 1 is 1.09 bits per heavy atom. The summed E-state index contributed by atoms with van der Waals surface area (Å²) in [7, 11) is 0. The zero-order valence-corrected chi connectivity index (χ0v) is 14.2. The van der Waals surface area contributed by atoms with E-state index in [9.17, 15) is 4.39 Å². The van der Waals surface area contributed by atoms with E-state index in [1.807, 2.05) is 30.3 Å². The third-order valence-electron chi connectivity index (χ3n) is 3.05. The minimum Gasteiger partial charge on any atom is -0.472 e. The first-order valence-electron chi connectivity index (χ1n) is 6.53. The van der Waals surface area contributed by atoms with Crippen LogP contribution in [0, 0.1) is 5.82 Å². The summed E-state index contributed by atoms with van der Waals surface area (Å²) < 4.78 is 20.0. The zero-order chi connectivity index (χ0) is 16.4. The quantitative estimate of drug-likeness (QED) is 0.376. The zero-order valence-electron chi connectivity index (χ0n) is 11.9. The minimum absolute atomic E-state index is 0.00196. The Bertz CT molecular complexity index is 864. The average Bonchev–Trinajstić information content (AvgIpc) is 2.58. The van der Waals surface area contributed by atoms with E-state index in [1.54, 1.807) is 6.26 Å². The van der Waals surface area contributed by atoms with E-state index in [0.717, 1.165) is 5.56 Å². The molecule has 0 aliphatic carbocycles. The number of rotatable bonds is 4. The van der Waals surface area contributed by atoms with Crippen LogP contribution in [0.15, 0.2) is 35.5 Å². The molecule has 0 radical (unpaired) electrons. The molecule has 118 valence electrons. The fourth-order valence-corrected chi connectivity index (χ4v) is 2.80. The Balaban J connectivity index is 2.09. The van der Waals surface area contributed by atoms with Crippen molar-refractivity contribution >= 4 is 45.9 Å². The van der Waals surface area contributed by atoms with Crippen LogP contribution in [0.5, 0.6) is 5.88 Å². The molecule has 0 aliphatic rings. The van der Waals surface area contributed by atoms with Crippen molar-refractivity contribution in [3.05, 3.63) is 52.0 Å². The van der Waals surface area contributed by atoms with Gasteiger partial charge in [0.1, 0.15) is 22.7 Å². The summed E-state index contributed by atoms with van der Waals surface area (Å²) in [6.07, 6.45) is 1.78. The van der Waals surface area contributed by atoms with E-state index in [2.05, 4.69) is 15.0 Å². The smallest absolute Gasteiger partial charge is 0.229 e. The number of benzene rings is 1. The predicted molar refractivity (Wildman–Crippen MR) is 89.9 cm³/mol. The third-order valence-corrected chi connectivity index (χ3v) is 4.12. The second kappa shape index (κ2) is 6.86. The first kappa shape index (κ1) is 16.2. The Morgan fingerprint density at radius 3 is 2.52 bits per heavy atom. The van der Waals surface area contributed by atoms with Crippen LogP contribution < -0.4 is 4.74 Å². The van der Waals surface area contributed by atoms with Gasteiger partial charge in [-0.15, -0.1) is 0 Å². The van der Waals surface area contributed by atoms with Crippen LogP contribution in [0.3, 0.4) is 0 Å². The molecule has 0 amide bonds. The van der Waals surface area contributed by atoms with Crippen LogP contribution >= 0.6 is 35.0 Å². The van der Waals surface area contributed by atoms with E-state index < -0.39 is 5.82 Å². The van der Waals surface area contributed by atoms with Crippen molar-refractivity contribution in [1.29, 1.82) is 0 Å². The van der Waals surface area contributed by atoms with Crippen LogP contribution in [-0.2, 0) is 6.61 Å². The summed E-state index contributed by atoms with van der Waals surface area (Å²) in [5.41, 5.74) is 0.945. The summed E-state index contributed by atoms with van der Waals surface area (Å²) in [4.78, 5) is 12.1. The van der Waals surface area contributed by atoms with Crippen molar-refractivity contribution in [3.63, 3.8) is 0 Å². The number of pyridine rings is 1. The largest absolute Gasteiger partial charge is 0.472 e.